The molecule has 2 rings (SSSR count). The van der Waals surface area contributed by atoms with E-state index in [4.69, 9.17) is 19.9 Å². The minimum Gasteiger partial charge on any atom is -0.496 e. The van der Waals surface area contributed by atoms with Gasteiger partial charge >= 0.3 is 0 Å². The molecule has 0 spiro atoms. The number of methoxy groups -OCH3 is 2. The Bertz CT molecular complexity index is 601. The number of hydrogen-bond acceptors (Lipinski definition) is 5. The normalized spacial score (nSPS) is 10.5. The number of hydrogen-bond donors (Lipinski definition) is 1. The summed E-state index contributed by atoms with van der Waals surface area (Å²) >= 11 is 0. The molecule has 1 heterocycles. The zero-order valence-corrected chi connectivity index (χ0v) is 12.8. The van der Waals surface area contributed by atoms with Gasteiger partial charge in [-0.1, -0.05) is 6.92 Å². The summed E-state index contributed by atoms with van der Waals surface area (Å²) < 4.78 is 18.2. The van der Waals surface area contributed by atoms with Crippen LogP contribution in [0.15, 0.2) is 18.2 Å². The molecular formula is C15H21N3O3. The maximum atomic E-state index is 6.05. The lowest BCUT2D eigenvalue weighted by Gasteiger charge is -2.11. The van der Waals surface area contributed by atoms with E-state index >= 15 is 0 Å². The van der Waals surface area contributed by atoms with Gasteiger partial charge < -0.3 is 19.9 Å². The fraction of sp³-hybridized carbons (Fsp3) is 0.400. The molecule has 0 fully saturated rings. The van der Waals surface area contributed by atoms with Crippen LogP contribution in [0, 0.1) is 6.92 Å². The first-order valence-corrected chi connectivity index (χ1v) is 6.82. The van der Waals surface area contributed by atoms with E-state index in [0.717, 1.165) is 18.7 Å². The Kier molecular flexibility index (Phi) is 4.57. The number of rotatable bonds is 6. The SMILES string of the molecule is CCCn1nc(C)c(N)c1Oc1cc(OC)cc(OC)c1. The molecule has 6 nitrogen and oxygen atoms in total. The fourth-order valence-electron chi connectivity index (χ4n) is 2.00. The lowest BCUT2D eigenvalue weighted by molar-refractivity contribution is 0.377. The first-order chi connectivity index (χ1) is 10.1. The Labute approximate surface area is 124 Å². The van der Waals surface area contributed by atoms with Crippen molar-refractivity contribution < 1.29 is 14.2 Å². The zero-order chi connectivity index (χ0) is 15.4. The number of nitrogen functional groups attached to an aromatic ring is 1. The van der Waals surface area contributed by atoms with Gasteiger partial charge in [-0.3, -0.25) is 0 Å². The number of nitrogens with zero attached hydrogens (tertiary/aromatic N) is 2. The van der Waals surface area contributed by atoms with Gasteiger partial charge in [-0.15, -0.1) is 0 Å². The van der Waals surface area contributed by atoms with Gasteiger partial charge in [0.25, 0.3) is 0 Å². The highest BCUT2D eigenvalue weighted by Gasteiger charge is 2.15. The Morgan fingerprint density at radius 2 is 1.67 bits per heavy atom. The molecule has 2 N–H and O–H groups in total. The van der Waals surface area contributed by atoms with Gasteiger partial charge in [0.1, 0.15) is 22.9 Å². The predicted molar refractivity (Wildman–Crippen MR) is 81.3 cm³/mol. The Hall–Kier alpha value is -2.37. The van der Waals surface area contributed by atoms with Gasteiger partial charge in [-0.2, -0.15) is 5.10 Å². The van der Waals surface area contributed by atoms with Crippen LogP contribution in [0.3, 0.4) is 0 Å². The number of aryl methyl sites for hydroxylation is 2. The van der Waals surface area contributed by atoms with Crippen molar-refractivity contribution in [2.45, 2.75) is 26.8 Å². The summed E-state index contributed by atoms with van der Waals surface area (Å²) in [5, 5.41) is 4.39. The number of ether oxygens (including phenoxy) is 3. The molecule has 1 aromatic carbocycles. The largest absolute Gasteiger partial charge is 0.496 e. The topological polar surface area (TPSA) is 71.5 Å². The van der Waals surface area contributed by atoms with Crippen LogP contribution in [0.5, 0.6) is 23.1 Å². The van der Waals surface area contributed by atoms with E-state index in [1.165, 1.54) is 0 Å². The summed E-state index contributed by atoms with van der Waals surface area (Å²) in [5.74, 6) is 2.45. The third-order valence-electron chi connectivity index (χ3n) is 3.10. The molecule has 0 atom stereocenters. The van der Waals surface area contributed by atoms with Gasteiger partial charge in [-0.05, 0) is 13.3 Å². The Balaban J connectivity index is 2.37. The average Bonchev–Trinajstić information content (AvgIpc) is 2.75. The molecule has 0 aliphatic carbocycles. The lowest BCUT2D eigenvalue weighted by atomic mass is 10.3. The molecule has 2 aromatic rings. The van der Waals surface area contributed by atoms with E-state index in [1.54, 1.807) is 37.1 Å². The predicted octanol–water partition coefficient (Wildman–Crippen LogP) is 2.99. The monoisotopic (exact) mass is 291 g/mol. The van der Waals surface area contributed by atoms with E-state index in [2.05, 4.69) is 12.0 Å². The molecule has 0 bridgehead atoms. The van der Waals surface area contributed by atoms with E-state index in [0.29, 0.717) is 28.8 Å². The van der Waals surface area contributed by atoms with E-state index < -0.39 is 0 Å². The van der Waals surface area contributed by atoms with Crippen molar-refractivity contribution in [3.05, 3.63) is 23.9 Å². The molecule has 0 aliphatic heterocycles. The van der Waals surface area contributed by atoms with Crippen LogP contribution in [0.25, 0.3) is 0 Å². The third-order valence-corrected chi connectivity index (χ3v) is 3.10. The summed E-state index contributed by atoms with van der Waals surface area (Å²) in [7, 11) is 3.19. The maximum absolute atomic E-state index is 6.05. The van der Waals surface area contributed by atoms with Crippen LogP contribution in [0.2, 0.25) is 0 Å². The Morgan fingerprint density at radius 3 is 2.19 bits per heavy atom. The van der Waals surface area contributed by atoms with Crippen LogP contribution in [-0.2, 0) is 6.54 Å². The molecule has 0 unspecified atom stereocenters. The van der Waals surface area contributed by atoms with Crippen LogP contribution in [0.4, 0.5) is 5.69 Å². The third kappa shape index (κ3) is 3.21. The first kappa shape index (κ1) is 15.0. The van der Waals surface area contributed by atoms with Crippen molar-refractivity contribution in [3.8, 4) is 23.1 Å². The lowest BCUT2D eigenvalue weighted by Crippen LogP contribution is -2.03. The van der Waals surface area contributed by atoms with E-state index in [1.807, 2.05) is 6.92 Å². The molecule has 0 saturated carbocycles. The summed E-state index contributed by atoms with van der Waals surface area (Å²) in [6, 6.07) is 5.34. The van der Waals surface area contributed by atoms with Crippen LogP contribution in [0.1, 0.15) is 19.0 Å². The highest BCUT2D eigenvalue weighted by Crippen LogP contribution is 2.34. The van der Waals surface area contributed by atoms with Crippen molar-refractivity contribution in [2.75, 3.05) is 20.0 Å². The molecular weight excluding hydrogens is 270 g/mol. The second-order valence-corrected chi connectivity index (χ2v) is 4.68. The number of benzene rings is 1. The molecule has 114 valence electrons. The minimum atomic E-state index is 0.546. The second-order valence-electron chi connectivity index (χ2n) is 4.68. The highest BCUT2D eigenvalue weighted by atomic mass is 16.5. The molecule has 6 heteroatoms. The minimum absolute atomic E-state index is 0.546. The summed E-state index contributed by atoms with van der Waals surface area (Å²) in [6.07, 6.45) is 0.943. The maximum Gasteiger partial charge on any atom is 0.241 e. The summed E-state index contributed by atoms with van der Waals surface area (Å²) in [5.41, 5.74) is 7.36. The standard InChI is InChI=1S/C15H21N3O3/c1-5-6-18-15(14(16)10(2)17-18)21-13-8-11(19-3)7-12(9-13)20-4/h7-9H,5-6,16H2,1-4H3. The zero-order valence-electron chi connectivity index (χ0n) is 12.8. The molecule has 0 saturated heterocycles. The molecule has 21 heavy (non-hydrogen) atoms. The van der Waals surface area contributed by atoms with E-state index in [-0.39, 0.29) is 0 Å². The van der Waals surface area contributed by atoms with E-state index in [9.17, 15) is 0 Å². The summed E-state index contributed by atoms with van der Waals surface area (Å²) in [4.78, 5) is 0. The second kappa shape index (κ2) is 6.39. The molecule has 0 aliphatic rings. The fourth-order valence-corrected chi connectivity index (χ4v) is 2.00. The van der Waals surface area contributed by atoms with Crippen LogP contribution < -0.4 is 19.9 Å². The van der Waals surface area contributed by atoms with Gasteiger partial charge in [-0.25, -0.2) is 4.68 Å². The number of nitrogens with two attached hydrogens (primary N) is 1. The van der Waals surface area contributed by atoms with Crippen molar-refractivity contribution in [3.63, 3.8) is 0 Å². The first-order valence-electron chi connectivity index (χ1n) is 6.82. The van der Waals surface area contributed by atoms with Gasteiger partial charge in [0.05, 0.1) is 19.9 Å². The number of aromatic nitrogens is 2. The quantitative estimate of drug-likeness (QED) is 0.885. The van der Waals surface area contributed by atoms with Crippen LogP contribution in [-0.4, -0.2) is 24.0 Å². The van der Waals surface area contributed by atoms with Crippen LogP contribution >= 0.6 is 0 Å². The van der Waals surface area contributed by atoms with Gasteiger partial charge in [0, 0.05) is 24.7 Å². The smallest absolute Gasteiger partial charge is 0.241 e. The summed E-state index contributed by atoms with van der Waals surface area (Å²) in [6.45, 7) is 4.68. The molecule has 0 radical (unpaired) electrons. The molecule has 0 amide bonds. The Morgan fingerprint density at radius 1 is 1.10 bits per heavy atom. The average molecular weight is 291 g/mol. The van der Waals surface area contributed by atoms with Crippen molar-refractivity contribution in [1.82, 2.24) is 9.78 Å². The highest BCUT2D eigenvalue weighted by molar-refractivity contribution is 5.55. The van der Waals surface area contributed by atoms with Gasteiger partial charge in [0.15, 0.2) is 0 Å². The van der Waals surface area contributed by atoms with Crippen molar-refractivity contribution in [1.29, 1.82) is 0 Å². The molecule has 1 aromatic heterocycles. The van der Waals surface area contributed by atoms with Crippen molar-refractivity contribution >= 4 is 5.69 Å². The van der Waals surface area contributed by atoms with Gasteiger partial charge in [0.2, 0.25) is 5.88 Å². The number of anilines is 1. The van der Waals surface area contributed by atoms with Crippen molar-refractivity contribution in [2.24, 2.45) is 0 Å².